The zero-order valence-electron chi connectivity index (χ0n) is 16.0. The standard InChI is InChI=1S/C22H23N3O4/c26-20(24-13-18(14-24)25-21(27)12-23-22(25)28)10-9-16-7-4-8-19(11-16)29-15-17-5-2-1-3-6-17/h1-8,11,18H,9-10,12-15H2,(H,23,28). The summed E-state index contributed by atoms with van der Waals surface area (Å²) in [5, 5.41) is 2.51. The molecule has 2 aromatic carbocycles. The summed E-state index contributed by atoms with van der Waals surface area (Å²) in [6, 6.07) is 17.2. The van der Waals surface area contributed by atoms with Crippen molar-refractivity contribution in [3.05, 3.63) is 65.7 Å². The maximum atomic E-state index is 12.4. The van der Waals surface area contributed by atoms with Crippen LogP contribution in [0.25, 0.3) is 0 Å². The lowest BCUT2D eigenvalue weighted by Crippen LogP contribution is -2.62. The van der Waals surface area contributed by atoms with E-state index in [4.69, 9.17) is 4.74 Å². The fourth-order valence-electron chi connectivity index (χ4n) is 3.57. The average Bonchev–Trinajstić information content (AvgIpc) is 3.03. The summed E-state index contributed by atoms with van der Waals surface area (Å²) in [5.74, 6) is 0.588. The second-order valence-electron chi connectivity index (χ2n) is 7.30. The van der Waals surface area contributed by atoms with E-state index in [0.29, 0.717) is 32.5 Å². The predicted molar refractivity (Wildman–Crippen MR) is 106 cm³/mol. The van der Waals surface area contributed by atoms with E-state index in [1.807, 2.05) is 54.6 Å². The van der Waals surface area contributed by atoms with E-state index >= 15 is 0 Å². The minimum Gasteiger partial charge on any atom is -0.489 e. The second-order valence-corrected chi connectivity index (χ2v) is 7.30. The van der Waals surface area contributed by atoms with E-state index < -0.39 is 0 Å². The number of hydrogen-bond acceptors (Lipinski definition) is 4. The van der Waals surface area contributed by atoms with Gasteiger partial charge in [-0.25, -0.2) is 4.79 Å². The third-order valence-electron chi connectivity index (χ3n) is 5.23. The molecule has 0 radical (unpaired) electrons. The van der Waals surface area contributed by atoms with Gasteiger partial charge in [-0.3, -0.25) is 14.5 Å². The van der Waals surface area contributed by atoms with Crippen LogP contribution in [0.5, 0.6) is 5.75 Å². The molecule has 4 amide bonds. The van der Waals surface area contributed by atoms with E-state index in [-0.39, 0.29) is 30.4 Å². The van der Waals surface area contributed by atoms with Gasteiger partial charge in [0.2, 0.25) is 11.8 Å². The molecule has 2 aliphatic heterocycles. The Morgan fingerprint density at radius 2 is 1.79 bits per heavy atom. The molecule has 150 valence electrons. The highest BCUT2D eigenvalue weighted by atomic mass is 16.5. The minimum atomic E-state index is -0.362. The van der Waals surface area contributed by atoms with E-state index in [1.165, 1.54) is 4.90 Å². The summed E-state index contributed by atoms with van der Waals surface area (Å²) in [4.78, 5) is 38.7. The lowest BCUT2D eigenvalue weighted by atomic mass is 10.0. The highest BCUT2D eigenvalue weighted by Crippen LogP contribution is 2.20. The van der Waals surface area contributed by atoms with Gasteiger partial charge in [0.15, 0.2) is 0 Å². The molecule has 2 aliphatic rings. The van der Waals surface area contributed by atoms with Gasteiger partial charge in [-0.1, -0.05) is 42.5 Å². The van der Waals surface area contributed by atoms with Crippen molar-refractivity contribution >= 4 is 17.8 Å². The van der Waals surface area contributed by atoms with E-state index in [0.717, 1.165) is 16.9 Å². The monoisotopic (exact) mass is 393 g/mol. The summed E-state index contributed by atoms with van der Waals surface area (Å²) in [5.41, 5.74) is 2.14. The lowest BCUT2D eigenvalue weighted by Gasteiger charge is -2.42. The number of likely N-dealkylation sites (tertiary alicyclic amines) is 1. The summed E-state index contributed by atoms with van der Waals surface area (Å²) in [6.07, 6.45) is 1.00. The Hall–Kier alpha value is -3.35. The summed E-state index contributed by atoms with van der Waals surface area (Å²) >= 11 is 0. The van der Waals surface area contributed by atoms with Crippen molar-refractivity contribution in [1.82, 2.24) is 15.1 Å². The van der Waals surface area contributed by atoms with Crippen LogP contribution in [-0.2, 0) is 22.6 Å². The molecule has 0 atom stereocenters. The van der Waals surface area contributed by atoms with E-state index in [1.54, 1.807) is 4.90 Å². The van der Waals surface area contributed by atoms with Crippen LogP contribution in [0.15, 0.2) is 54.6 Å². The molecule has 0 unspecified atom stereocenters. The van der Waals surface area contributed by atoms with Crippen molar-refractivity contribution in [2.24, 2.45) is 0 Å². The fourth-order valence-corrected chi connectivity index (χ4v) is 3.57. The molecule has 7 heteroatoms. The van der Waals surface area contributed by atoms with Crippen LogP contribution in [-0.4, -0.2) is 53.3 Å². The van der Waals surface area contributed by atoms with Crippen LogP contribution < -0.4 is 10.1 Å². The molecule has 29 heavy (non-hydrogen) atoms. The number of rotatable bonds is 7. The molecule has 2 aromatic rings. The quantitative estimate of drug-likeness (QED) is 0.730. The second kappa shape index (κ2) is 8.34. The zero-order chi connectivity index (χ0) is 20.2. The number of carbonyl (C=O) groups excluding carboxylic acids is 3. The van der Waals surface area contributed by atoms with Crippen LogP contribution in [0, 0.1) is 0 Å². The number of hydrogen-bond donors (Lipinski definition) is 1. The third kappa shape index (κ3) is 4.39. The fraction of sp³-hybridized carbons (Fsp3) is 0.318. The van der Waals surface area contributed by atoms with Crippen molar-refractivity contribution in [3.8, 4) is 5.75 Å². The van der Waals surface area contributed by atoms with Crippen molar-refractivity contribution in [1.29, 1.82) is 0 Å². The van der Waals surface area contributed by atoms with Gasteiger partial charge in [-0.2, -0.15) is 0 Å². The molecule has 0 aliphatic carbocycles. The molecule has 0 spiro atoms. The predicted octanol–water partition coefficient (Wildman–Crippen LogP) is 1.96. The number of imide groups is 1. The number of amides is 4. The van der Waals surface area contributed by atoms with Crippen LogP contribution in [0.1, 0.15) is 17.5 Å². The summed E-state index contributed by atoms with van der Waals surface area (Å²) in [6.45, 7) is 1.38. The highest BCUT2D eigenvalue weighted by Gasteiger charge is 2.42. The Bertz CT molecular complexity index is 893. The van der Waals surface area contributed by atoms with Crippen molar-refractivity contribution in [2.75, 3.05) is 19.6 Å². The molecular weight excluding hydrogens is 370 g/mol. The topological polar surface area (TPSA) is 79.0 Å². The molecule has 0 aromatic heterocycles. The molecule has 2 heterocycles. The molecular formula is C22H23N3O4. The normalized spacial score (nSPS) is 16.6. The van der Waals surface area contributed by atoms with Gasteiger partial charge in [-0.05, 0) is 29.7 Å². The largest absolute Gasteiger partial charge is 0.489 e. The van der Waals surface area contributed by atoms with Gasteiger partial charge in [0.25, 0.3) is 0 Å². The van der Waals surface area contributed by atoms with Gasteiger partial charge < -0.3 is 15.0 Å². The third-order valence-corrected chi connectivity index (χ3v) is 5.23. The molecule has 1 N–H and O–H groups in total. The zero-order valence-corrected chi connectivity index (χ0v) is 16.0. The Kier molecular flexibility index (Phi) is 5.46. The van der Waals surface area contributed by atoms with Crippen LogP contribution >= 0.6 is 0 Å². The number of nitrogens with one attached hydrogen (secondary N) is 1. The Morgan fingerprint density at radius 1 is 1.03 bits per heavy atom. The Balaban J connectivity index is 1.24. The number of benzene rings is 2. The number of carbonyl (C=O) groups is 3. The molecule has 2 fully saturated rings. The van der Waals surface area contributed by atoms with Crippen LogP contribution in [0.2, 0.25) is 0 Å². The van der Waals surface area contributed by atoms with Gasteiger partial charge in [0.1, 0.15) is 12.4 Å². The van der Waals surface area contributed by atoms with E-state index in [2.05, 4.69) is 5.32 Å². The van der Waals surface area contributed by atoms with Crippen LogP contribution in [0.3, 0.4) is 0 Å². The van der Waals surface area contributed by atoms with Crippen molar-refractivity contribution in [3.63, 3.8) is 0 Å². The number of ether oxygens (including phenoxy) is 1. The Labute approximate surface area is 169 Å². The van der Waals surface area contributed by atoms with Gasteiger partial charge in [0.05, 0.1) is 12.6 Å². The van der Waals surface area contributed by atoms with Gasteiger partial charge >= 0.3 is 6.03 Å². The maximum absolute atomic E-state index is 12.4. The first kappa shape index (κ1) is 19.0. The average molecular weight is 393 g/mol. The van der Waals surface area contributed by atoms with Crippen LogP contribution in [0.4, 0.5) is 4.79 Å². The number of nitrogens with zero attached hydrogens (tertiary/aromatic N) is 2. The molecule has 2 saturated heterocycles. The van der Waals surface area contributed by atoms with Gasteiger partial charge in [0, 0.05) is 19.5 Å². The lowest BCUT2D eigenvalue weighted by molar-refractivity contribution is -0.142. The maximum Gasteiger partial charge on any atom is 0.324 e. The first-order chi connectivity index (χ1) is 14.1. The van der Waals surface area contributed by atoms with E-state index in [9.17, 15) is 14.4 Å². The van der Waals surface area contributed by atoms with Crippen molar-refractivity contribution in [2.45, 2.75) is 25.5 Å². The summed E-state index contributed by atoms with van der Waals surface area (Å²) < 4.78 is 5.84. The SMILES string of the molecule is O=C(CCc1cccc(OCc2ccccc2)c1)N1CC(N2C(=O)CNC2=O)C1. The van der Waals surface area contributed by atoms with Gasteiger partial charge in [-0.15, -0.1) is 0 Å². The first-order valence-electron chi connectivity index (χ1n) is 9.73. The highest BCUT2D eigenvalue weighted by molar-refractivity contribution is 6.02. The minimum absolute atomic E-state index is 0.0314. The number of aryl methyl sites for hydroxylation is 1. The molecule has 4 rings (SSSR count). The Morgan fingerprint density at radius 3 is 2.52 bits per heavy atom. The molecule has 7 nitrogen and oxygen atoms in total. The molecule has 0 saturated carbocycles. The smallest absolute Gasteiger partial charge is 0.324 e. The van der Waals surface area contributed by atoms with Crippen molar-refractivity contribution < 1.29 is 19.1 Å². The summed E-state index contributed by atoms with van der Waals surface area (Å²) in [7, 11) is 0. The molecule has 0 bridgehead atoms. The number of urea groups is 1. The first-order valence-corrected chi connectivity index (χ1v) is 9.73.